The third kappa shape index (κ3) is 0.996. The molecule has 3 saturated carbocycles. The molecule has 1 unspecified atom stereocenters. The molecule has 0 aromatic carbocycles. The summed E-state index contributed by atoms with van der Waals surface area (Å²) >= 11 is 7.91. The Labute approximate surface area is 96.3 Å². The van der Waals surface area contributed by atoms with Gasteiger partial charge in [-0.25, -0.2) is 0 Å². The Hall–Kier alpha value is 2.19. The Kier molecular flexibility index (Phi) is 2.03. The normalized spacial score (nSPS) is 53.0. The SMILES string of the molecule is IC1C2CC(C2)C1(I)I. The van der Waals surface area contributed by atoms with E-state index >= 15 is 0 Å². The lowest BCUT2D eigenvalue weighted by Gasteiger charge is -2.25. The van der Waals surface area contributed by atoms with E-state index in [9.17, 15) is 0 Å². The standard InChI is InChI=1S/C6H7I3/c7-5-3-1-4(2-3)6(5,8)9/h3-5H,1-2H2. The summed E-state index contributed by atoms with van der Waals surface area (Å²) in [6.07, 6.45) is 3.03. The van der Waals surface area contributed by atoms with Crippen LogP contribution in [0.2, 0.25) is 0 Å². The van der Waals surface area contributed by atoms with Crippen LogP contribution in [0.5, 0.6) is 0 Å². The first-order valence-electron chi connectivity index (χ1n) is 3.14. The molecule has 3 heteroatoms. The van der Waals surface area contributed by atoms with Crippen molar-refractivity contribution in [3.8, 4) is 0 Å². The van der Waals surface area contributed by atoms with Gasteiger partial charge in [-0.3, -0.25) is 0 Å². The van der Waals surface area contributed by atoms with E-state index in [0.29, 0.717) is 1.43 Å². The average Bonchev–Trinajstić information content (AvgIpc) is 1.84. The molecule has 2 bridgehead atoms. The van der Waals surface area contributed by atoms with Crippen LogP contribution in [0.15, 0.2) is 0 Å². The van der Waals surface area contributed by atoms with Crippen molar-refractivity contribution in [3.05, 3.63) is 0 Å². The van der Waals surface area contributed by atoms with Crippen LogP contribution in [0, 0.1) is 11.8 Å². The van der Waals surface area contributed by atoms with Gasteiger partial charge in [0.05, 0.1) is 1.43 Å². The van der Waals surface area contributed by atoms with Crippen molar-refractivity contribution in [2.75, 3.05) is 0 Å². The van der Waals surface area contributed by atoms with Gasteiger partial charge in [0.25, 0.3) is 0 Å². The number of hydrogen-bond donors (Lipinski definition) is 0. The first-order valence-corrected chi connectivity index (χ1v) is 6.54. The Bertz CT molecular complexity index is 137. The summed E-state index contributed by atoms with van der Waals surface area (Å²) in [5, 5.41) is 0. The summed E-state index contributed by atoms with van der Waals surface area (Å²) in [6, 6.07) is 0. The minimum Gasteiger partial charge on any atom is -0.0800 e. The van der Waals surface area contributed by atoms with Gasteiger partial charge >= 0.3 is 0 Å². The number of fused-ring (bicyclic) bond motifs is 1. The quantitative estimate of drug-likeness (QED) is 0.385. The minimum atomic E-state index is 0.612. The highest BCUT2D eigenvalue weighted by molar-refractivity contribution is 14.2. The summed E-state index contributed by atoms with van der Waals surface area (Å²) in [4.78, 5) is 0. The average molecular weight is 460 g/mol. The zero-order chi connectivity index (χ0) is 6.65. The highest BCUT2D eigenvalue weighted by Crippen LogP contribution is 2.65. The second-order valence-electron chi connectivity index (χ2n) is 3.00. The summed E-state index contributed by atoms with van der Waals surface area (Å²) < 4.78 is 1.56. The highest BCUT2D eigenvalue weighted by Gasteiger charge is 2.58. The molecule has 0 saturated heterocycles. The van der Waals surface area contributed by atoms with Gasteiger partial charge in [0.1, 0.15) is 0 Å². The molecular weight excluding hydrogens is 453 g/mol. The van der Waals surface area contributed by atoms with Crippen LogP contribution in [-0.2, 0) is 0 Å². The molecule has 0 aromatic heterocycles. The zero-order valence-electron chi connectivity index (χ0n) is 4.78. The maximum atomic E-state index is 2.64. The molecule has 3 rings (SSSR count). The van der Waals surface area contributed by atoms with Gasteiger partial charge in [0.2, 0.25) is 0 Å². The van der Waals surface area contributed by atoms with E-state index in [2.05, 4.69) is 67.8 Å². The van der Waals surface area contributed by atoms with Crippen molar-refractivity contribution in [2.24, 2.45) is 11.8 Å². The van der Waals surface area contributed by atoms with Crippen molar-refractivity contribution in [1.82, 2.24) is 0 Å². The van der Waals surface area contributed by atoms with Crippen LogP contribution in [0.3, 0.4) is 0 Å². The molecule has 0 N–H and O–H groups in total. The van der Waals surface area contributed by atoms with E-state index in [1.54, 1.807) is 0 Å². The van der Waals surface area contributed by atoms with Crippen LogP contribution < -0.4 is 0 Å². The fourth-order valence-corrected chi connectivity index (χ4v) is 4.88. The molecule has 3 aliphatic carbocycles. The Morgan fingerprint density at radius 1 is 1.22 bits per heavy atom. The molecule has 52 valence electrons. The first-order chi connectivity index (χ1) is 4.12. The molecule has 0 nitrogen and oxygen atoms in total. The molecule has 3 fully saturated rings. The minimum absolute atomic E-state index is 0.612. The monoisotopic (exact) mass is 460 g/mol. The molecule has 0 spiro atoms. The van der Waals surface area contributed by atoms with Gasteiger partial charge < -0.3 is 0 Å². The largest absolute Gasteiger partial charge is 0.0882 e. The number of hydrogen-bond acceptors (Lipinski definition) is 0. The molecule has 1 atom stereocenters. The Morgan fingerprint density at radius 3 is 1.89 bits per heavy atom. The van der Waals surface area contributed by atoms with Crippen LogP contribution in [0.25, 0.3) is 0 Å². The fourth-order valence-electron chi connectivity index (χ4n) is 1.75. The van der Waals surface area contributed by atoms with Crippen LogP contribution in [-0.4, -0.2) is 5.35 Å². The highest BCUT2D eigenvalue weighted by atomic mass is 127. The maximum absolute atomic E-state index is 2.64. The van der Waals surface area contributed by atoms with Crippen LogP contribution in [0.1, 0.15) is 12.8 Å². The Morgan fingerprint density at radius 2 is 1.78 bits per heavy atom. The third-order valence-electron chi connectivity index (χ3n) is 2.50. The van der Waals surface area contributed by atoms with Crippen molar-refractivity contribution in [3.63, 3.8) is 0 Å². The first kappa shape index (κ1) is 7.82. The lowest BCUT2D eigenvalue weighted by atomic mass is 9.85. The molecular formula is C6H7I3. The second-order valence-corrected chi connectivity index (χ2v) is 9.98. The predicted octanol–water partition coefficient (Wildman–Crippen LogP) is 3.40. The van der Waals surface area contributed by atoms with Gasteiger partial charge in [-0.05, 0) is 24.7 Å². The zero-order valence-corrected chi connectivity index (χ0v) is 11.3. The number of rotatable bonds is 0. The third-order valence-corrected chi connectivity index (χ3v) is 9.99. The molecule has 0 amide bonds. The second kappa shape index (κ2) is 2.34. The molecule has 0 aromatic rings. The van der Waals surface area contributed by atoms with E-state index in [1.807, 2.05) is 0 Å². The molecule has 0 radical (unpaired) electrons. The van der Waals surface area contributed by atoms with Crippen molar-refractivity contribution >= 4 is 67.8 Å². The molecule has 3 aliphatic rings. The topological polar surface area (TPSA) is 0 Å². The molecule has 9 heavy (non-hydrogen) atoms. The summed E-state index contributed by atoms with van der Waals surface area (Å²) in [7, 11) is 0. The summed E-state index contributed by atoms with van der Waals surface area (Å²) in [6.45, 7) is 0. The van der Waals surface area contributed by atoms with Crippen molar-refractivity contribution < 1.29 is 0 Å². The maximum Gasteiger partial charge on any atom is 0.0882 e. The lowest BCUT2D eigenvalue weighted by Crippen LogP contribution is -2.20. The van der Waals surface area contributed by atoms with Gasteiger partial charge in [-0.15, -0.1) is 0 Å². The van der Waals surface area contributed by atoms with Gasteiger partial charge in [-0.2, -0.15) is 0 Å². The van der Waals surface area contributed by atoms with Crippen molar-refractivity contribution in [1.29, 1.82) is 0 Å². The van der Waals surface area contributed by atoms with E-state index in [1.165, 1.54) is 12.8 Å². The fraction of sp³-hybridized carbons (Fsp3) is 1.00. The predicted molar refractivity (Wildman–Crippen MR) is 64.8 cm³/mol. The van der Waals surface area contributed by atoms with Crippen LogP contribution in [0.4, 0.5) is 0 Å². The van der Waals surface area contributed by atoms with Gasteiger partial charge in [-0.1, -0.05) is 67.8 Å². The van der Waals surface area contributed by atoms with Gasteiger partial charge in [0, 0.05) is 3.92 Å². The van der Waals surface area contributed by atoms with E-state index in [0.717, 1.165) is 15.8 Å². The molecule has 0 aliphatic heterocycles. The lowest BCUT2D eigenvalue weighted by molar-refractivity contribution is 0.310. The number of alkyl halides is 3. The number of halogens is 3. The van der Waals surface area contributed by atoms with Crippen molar-refractivity contribution in [2.45, 2.75) is 18.2 Å². The summed E-state index contributed by atoms with van der Waals surface area (Å²) in [5.41, 5.74) is 0. The Balaban J connectivity index is 2.26. The molecule has 0 heterocycles. The summed E-state index contributed by atoms with van der Waals surface area (Å²) in [5.74, 6) is 2.12. The smallest absolute Gasteiger partial charge is 0.0800 e. The van der Waals surface area contributed by atoms with Crippen LogP contribution >= 0.6 is 67.8 Å². The van der Waals surface area contributed by atoms with E-state index in [-0.39, 0.29) is 0 Å². The van der Waals surface area contributed by atoms with E-state index in [4.69, 9.17) is 0 Å². The van der Waals surface area contributed by atoms with Gasteiger partial charge in [0.15, 0.2) is 0 Å². The van der Waals surface area contributed by atoms with E-state index < -0.39 is 0 Å².